The second-order valence-corrected chi connectivity index (χ2v) is 4.59. The number of benzene rings is 2. The summed E-state index contributed by atoms with van der Waals surface area (Å²) in [6.07, 6.45) is 0. The Bertz CT molecular complexity index is 698. The molecule has 0 radical (unpaired) electrons. The maximum atomic E-state index is 13.8. The Kier molecular flexibility index (Phi) is 4.12. The van der Waals surface area contributed by atoms with Crippen LogP contribution in [-0.2, 0) is 0 Å². The first-order valence-electron chi connectivity index (χ1n) is 6.30. The monoisotopic (exact) mass is 289 g/mol. The van der Waals surface area contributed by atoms with E-state index >= 15 is 0 Å². The quantitative estimate of drug-likeness (QED) is 0.694. The lowest BCUT2D eigenvalue weighted by Gasteiger charge is -2.12. The molecule has 0 saturated heterocycles. The predicted molar refractivity (Wildman–Crippen MR) is 78.5 cm³/mol. The van der Waals surface area contributed by atoms with E-state index in [1.54, 1.807) is 19.1 Å². The molecule has 2 aromatic carbocycles. The van der Waals surface area contributed by atoms with Crippen LogP contribution in [0.5, 0.6) is 11.5 Å². The molecule has 0 aliphatic heterocycles. The smallest absolute Gasteiger partial charge is 0.196 e. The van der Waals surface area contributed by atoms with Crippen molar-refractivity contribution in [1.29, 1.82) is 0 Å². The predicted octanol–water partition coefficient (Wildman–Crippen LogP) is 2.96. The van der Waals surface area contributed by atoms with E-state index in [9.17, 15) is 9.18 Å². The van der Waals surface area contributed by atoms with Gasteiger partial charge in [0.1, 0.15) is 5.82 Å². The van der Waals surface area contributed by atoms with Crippen LogP contribution >= 0.6 is 0 Å². The molecule has 0 bridgehead atoms. The highest BCUT2D eigenvalue weighted by Gasteiger charge is 2.19. The van der Waals surface area contributed by atoms with Gasteiger partial charge in [-0.15, -0.1) is 0 Å². The summed E-state index contributed by atoms with van der Waals surface area (Å²) in [7, 11) is 2.99. The fourth-order valence-corrected chi connectivity index (χ4v) is 2.09. The van der Waals surface area contributed by atoms with Gasteiger partial charge < -0.3 is 15.2 Å². The Morgan fingerprint density at radius 1 is 1.05 bits per heavy atom. The third-order valence-electron chi connectivity index (χ3n) is 3.21. The largest absolute Gasteiger partial charge is 0.493 e. The summed E-state index contributed by atoms with van der Waals surface area (Å²) in [6, 6.07) is 7.13. The number of ketones is 1. The second-order valence-electron chi connectivity index (χ2n) is 4.59. The van der Waals surface area contributed by atoms with E-state index in [-0.39, 0.29) is 5.56 Å². The normalized spacial score (nSPS) is 10.3. The van der Waals surface area contributed by atoms with Crippen LogP contribution in [0.2, 0.25) is 0 Å². The van der Waals surface area contributed by atoms with E-state index in [0.29, 0.717) is 28.3 Å². The van der Waals surface area contributed by atoms with Gasteiger partial charge in [0.15, 0.2) is 17.3 Å². The average molecular weight is 289 g/mol. The van der Waals surface area contributed by atoms with Crippen LogP contribution in [0, 0.1) is 12.7 Å². The highest BCUT2D eigenvalue weighted by molar-refractivity contribution is 6.10. The zero-order valence-electron chi connectivity index (χ0n) is 12.1. The number of aryl methyl sites for hydroxylation is 1. The van der Waals surface area contributed by atoms with E-state index < -0.39 is 11.6 Å². The minimum absolute atomic E-state index is 0.0645. The van der Waals surface area contributed by atoms with Crippen molar-refractivity contribution in [2.24, 2.45) is 0 Å². The number of hydrogen-bond donors (Lipinski definition) is 1. The Morgan fingerprint density at radius 2 is 1.67 bits per heavy atom. The first-order chi connectivity index (χ1) is 9.97. The highest BCUT2D eigenvalue weighted by Crippen LogP contribution is 2.31. The van der Waals surface area contributed by atoms with Crippen LogP contribution in [0.4, 0.5) is 10.1 Å². The first kappa shape index (κ1) is 14.8. The van der Waals surface area contributed by atoms with E-state index in [4.69, 9.17) is 15.2 Å². The summed E-state index contributed by atoms with van der Waals surface area (Å²) < 4.78 is 24.2. The lowest BCUT2D eigenvalue weighted by atomic mass is 9.97. The minimum atomic E-state index is -0.608. The van der Waals surface area contributed by atoms with Crippen molar-refractivity contribution in [2.75, 3.05) is 20.0 Å². The topological polar surface area (TPSA) is 61.5 Å². The maximum absolute atomic E-state index is 13.8. The van der Waals surface area contributed by atoms with E-state index in [1.165, 1.54) is 32.4 Å². The average Bonchev–Trinajstić information content (AvgIpc) is 2.48. The molecule has 0 saturated carbocycles. The van der Waals surface area contributed by atoms with Gasteiger partial charge in [-0.05, 0) is 42.8 Å². The molecule has 2 N–H and O–H groups in total. The molecule has 2 rings (SSSR count). The van der Waals surface area contributed by atoms with Crippen molar-refractivity contribution in [1.82, 2.24) is 0 Å². The van der Waals surface area contributed by atoms with Gasteiger partial charge in [0.25, 0.3) is 0 Å². The fraction of sp³-hybridized carbons (Fsp3) is 0.188. The van der Waals surface area contributed by atoms with Gasteiger partial charge in [0.05, 0.1) is 19.8 Å². The lowest BCUT2D eigenvalue weighted by Crippen LogP contribution is -2.08. The molecule has 4 nitrogen and oxygen atoms in total. The van der Waals surface area contributed by atoms with Crippen molar-refractivity contribution in [3.05, 3.63) is 52.8 Å². The molecule has 2 aromatic rings. The molecule has 0 heterocycles. The molecule has 0 spiro atoms. The number of carbonyl (C=O) groups excluding carboxylic acids is 1. The number of rotatable bonds is 4. The molecule has 0 fully saturated rings. The summed E-state index contributed by atoms with van der Waals surface area (Å²) in [4.78, 5) is 12.5. The van der Waals surface area contributed by atoms with E-state index in [0.717, 1.165) is 0 Å². The van der Waals surface area contributed by atoms with E-state index in [1.807, 2.05) is 0 Å². The van der Waals surface area contributed by atoms with Crippen LogP contribution in [-0.4, -0.2) is 20.0 Å². The molecule has 0 amide bonds. The minimum Gasteiger partial charge on any atom is -0.493 e. The zero-order valence-corrected chi connectivity index (χ0v) is 12.1. The van der Waals surface area contributed by atoms with Gasteiger partial charge in [0.2, 0.25) is 0 Å². The number of anilines is 1. The van der Waals surface area contributed by atoms with Crippen LogP contribution in [0.3, 0.4) is 0 Å². The molecular formula is C16H16FNO3. The number of nitrogen functional groups attached to an aromatic ring is 1. The standard InChI is InChI=1S/C16H16FNO3/c1-9-6-14(20-2)15(21-3)8-11(9)16(19)12-7-10(18)4-5-13(12)17/h4-8H,18H2,1-3H3. The maximum Gasteiger partial charge on any atom is 0.196 e. The Hall–Kier alpha value is -2.56. The van der Waals surface area contributed by atoms with Gasteiger partial charge >= 0.3 is 0 Å². The molecule has 0 atom stereocenters. The fourth-order valence-electron chi connectivity index (χ4n) is 2.09. The first-order valence-corrected chi connectivity index (χ1v) is 6.30. The van der Waals surface area contributed by atoms with Gasteiger partial charge in [0, 0.05) is 11.3 Å². The highest BCUT2D eigenvalue weighted by atomic mass is 19.1. The lowest BCUT2D eigenvalue weighted by molar-refractivity contribution is 0.103. The van der Waals surface area contributed by atoms with Crippen molar-refractivity contribution in [3.63, 3.8) is 0 Å². The molecule has 0 aliphatic carbocycles. The van der Waals surface area contributed by atoms with E-state index in [2.05, 4.69) is 0 Å². The molecule has 0 aliphatic rings. The van der Waals surface area contributed by atoms with Crippen LogP contribution in [0.15, 0.2) is 30.3 Å². The van der Waals surface area contributed by atoms with Crippen molar-refractivity contribution < 1.29 is 18.7 Å². The molecular weight excluding hydrogens is 273 g/mol. The van der Waals surface area contributed by atoms with Crippen molar-refractivity contribution in [3.8, 4) is 11.5 Å². The number of methoxy groups -OCH3 is 2. The molecule has 5 heteroatoms. The number of ether oxygens (including phenoxy) is 2. The molecule has 0 aromatic heterocycles. The molecule has 0 unspecified atom stereocenters. The van der Waals surface area contributed by atoms with Gasteiger partial charge in [-0.3, -0.25) is 4.79 Å². The molecule has 21 heavy (non-hydrogen) atoms. The Labute approximate surface area is 122 Å². The third kappa shape index (κ3) is 2.81. The Balaban J connectivity index is 2.55. The summed E-state index contributed by atoms with van der Waals surface area (Å²) in [5.74, 6) is -0.128. The number of halogens is 1. The van der Waals surface area contributed by atoms with Crippen molar-refractivity contribution in [2.45, 2.75) is 6.92 Å². The van der Waals surface area contributed by atoms with Crippen LogP contribution < -0.4 is 15.2 Å². The summed E-state index contributed by atoms with van der Waals surface area (Å²) in [5.41, 5.74) is 6.90. The molecule has 110 valence electrons. The van der Waals surface area contributed by atoms with Crippen LogP contribution in [0.1, 0.15) is 21.5 Å². The van der Waals surface area contributed by atoms with Crippen molar-refractivity contribution >= 4 is 11.5 Å². The SMILES string of the molecule is COc1cc(C)c(C(=O)c2cc(N)ccc2F)cc1OC. The summed E-state index contributed by atoms with van der Waals surface area (Å²) >= 11 is 0. The summed E-state index contributed by atoms with van der Waals surface area (Å²) in [5, 5.41) is 0. The Morgan fingerprint density at radius 3 is 2.29 bits per heavy atom. The number of hydrogen-bond acceptors (Lipinski definition) is 4. The second kappa shape index (κ2) is 5.83. The summed E-state index contributed by atoms with van der Waals surface area (Å²) in [6.45, 7) is 1.75. The zero-order chi connectivity index (χ0) is 15.6. The third-order valence-corrected chi connectivity index (χ3v) is 3.21. The van der Waals surface area contributed by atoms with Gasteiger partial charge in [-0.25, -0.2) is 4.39 Å². The van der Waals surface area contributed by atoms with Crippen LogP contribution in [0.25, 0.3) is 0 Å². The van der Waals surface area contributed by atoms with Gasteiger partial charge in [-0.1, -0.05) is 0 Å². The van der Waals surface area contributed by atoms with Gasteiger partial charge in [-0.2, -0.15) is 0 Å². The number of carbonyl (C=O) groups is 1. The number of nitrogens with two attached hydrogens (primary N) is 1.